The molecule has 18 heavy (non-hydrogen) atoms. The van der Waals surface area contributed by atoms with Crippen molar-refractivity contribution in [2.24, 2.45) is 5.92 Å². The van der Waals surface area contributed by atoms with Crippen LogP contribution in [-0.2, 0) is 25.8 Å². The average molecular weight is 247 g/mol. The van der Waals surface area contributed by atoms with E-state index in [0.717, 1.165) is 43.3 Å². The fourth-order valence-corrected chi connectivity index (χ4v) is 2.00. The van der Waals surface area contributed by atoms with Gasteiger partial charge in [0.25, 0.3) is 0 Å². The molecule has 0 atom stereocenters. The summed E-state index contributed by atoms with van der Waals surface area (Å²) in [6, 6.07) is 0. The van der Waals surface area contributed by atoms with E-state index >= 15 is 0 Å². The van der Waals surface area contributed by atoms with Gasteiger partial charge >= 0.3 is 0 Å². The van der Waals surface area contributed by atoms with Crippen LogP contribution in [0.3, 0.4) is 0 Å². The van der Waals surface area contributed by atoms with Gasteiger partial charge in [-0.3, -0.25) is 5.10 Å². The van der Waals surface area contributed by atoms with Gasteiger partial charge in [-0.25, -0.2) is 9.97 Å². The van der Waals surface area contributed by atoms with E-state index in [1.807, 2.05) is 12.4 Å². The van der Waals surface area contributed by atoms with Gasteiger partial charge in [0.05, 0.1) is 0 Å². The van der Waals surface area contributed by atoms with Gasteiger partial charge in [0.2, 0.25) is 0 Å². The van der Waals surface area contributed by atoms with Crippen molar-refractivity contribution >= 4 is 0 Å². The molecule has 0 saturated heterocycles. The van der Waals surface area contributed by atoms with Gasteiger partial charge in [0.15, 0.2) is 5.82 Å². The zero-order chi connectivity index (χ0) is 13.0. The highest BCUT2D eigenvalue weighted by Gasteiger charge is 2.06. The Morgan fingerprint density at radius 1 is 1.39 bits per heavy atom. The molecule has 0 bridgehead atoms. The molecule has 0 radical (unpaired) electrons. The van der Waals surface area contributed by atoms with E-state index in [1.165, 1.54) is 0 Å². The Bertz CT molecular complexity index is 483. The number of nitrogens with one attached hydrogen (secondary N) is 1. The van der Waals surface area contributed by atoms with Crippen LogP contribution in [0.25, 0.3) is 0 Å². The maximum Gasteiger partial charge on any atom is 0.152 e. The van der Waals surface area contributed by atoms with Gasteiger partial charge in [0.1, 0.15) is 11.6 Å². The fraction of sp³-hybridized carbons (Fsp3) is 0.615. The Hall–Kier alpha value is -1.65. The first-order valence-corrected chi connectivity index (χ1v) is 6.59. The highest BCUT2D eigenvalue weighted by molar-refractivity contribution is 4.95. The van der Waals surface area contributed by atoms with E-state index in [9.17, 15) is 0 Å². The number of aromatic nitrogens is 5. The second-order valence-electron chi connectivity index (χ2n) is 4.94. The van der Waals surface area contributed by atoms with Gasteiger partial charge in [-0.1, -0.05) is 20.8 Å². The minimum atomic E-state index is 0.603. The van der Waals surface area contributed by atoms with Crippen LogP contribution in [0.1, 0.15) is 38.2 Å². The van der Waals surface area contributed by atoms with Gasteiger partial charge in [0, 0.05) is 38.2 Å². The molecule has 5 heteroatoms. The Balaban J connectivity index is 1.92. The molecule has 0 saturated carbocycles. The summed E-state index contributed by atoms with van der Waals surface area (Å²) in [5.41, 5.74) is 0. The first-order valence-electron chi connectivity index (χ1n) is 6.59. The smallest absolute Gasteiger partial charge is 0.152 e. The number of aromatic amines is 1. The molecule has 2 rings (SSSR count). The molecule has 0 aliphatic heterocycles. The molecule has 2 aromatic heterocycles. The number of hydrogen-bond donors (Lipinski definition) is 1. The van der Waals surface area contributed by atoms with Crippen LogP contribution in [0.5, 0.6) is 0 Å². The second-order valence-corrected chi connectivity index (χ2v) is 4.94. The maximum atomic E-state index is 4.50. The fourth-order valence-electron chi connectivity index (χ4n) is 2.00. The van der Waals surface area contributed by atoms with Crippen molar-refractivity contribution in [3.05, 3.63) is 29.9 Å². The van der Waals surface area contributed by atoms with Crippen molar-refractivity contribution in [3.63, 3.8) is 0 Å². The molecule has 0 aliphatic carbocycles. The summed E-state index contributed by atoms with van der Waals surface area (Å²) in [5.74, 6) is 3.60. The maximum absolute atomic E-state index is 4.50. The lowest BCUT2D eigenvalue weighted by Gasteiger charge is -2.03. The third kappa shape index (κ3) is 3.18. The van der Waals surface area contributed by atoms with E-state index in [-0.39, 0.29) is 0 Å². The molecule has 5 nitrogen and oxygen atoms in total. The Labute approximate surface area is 108 Å². The number of imidazole rings is 1. The quantitative estimate of drug-likeness (QED) is 0.849. The largest absolute Gasteiger partial charge is 0.334 e. The summed E-state index contributed by atoms with van der Waals surface area (Å²) in [6.45, 7) is 7.37. The molecule has 0 aromatic carbocycles. The molecule has 0 unspecified atom stereocenters. The summed E-state index contributed by atoms with van der Waals surface area (Å²) in [5, 5.41) is 7.26. The van der Waals surface area contributed by atoms with Gasteiger partial charge in [-0.05, 0) is 5.92 Å². The van der Waals surface area contributed by atoms with Crippen LogP contribution < -0.4 is 0 Å². The standard InChI is InChI=1S/C13H21N5/c1-4-13-14-6-8-18(13)7-5-11-15-12(17-16-11)9-10(2)3/h6,8,10H,4-5,7,9H2,1-3H3,(H,15,16,17). The molecule has 1 N–H and O–H groups in total. The summed E-state index contributed by atoms with van der Waals surface area (Å²) in [4.78, 5) is 8.81. The SMILES string of the molecule is CCc1nccn1CCc1n[nH]c(CC(C)C)n1. The van der Waals surface area contributed by atoms with Gasteiger partial charge in [-0.15, -0.1) is 0 Å². The minimum Gasteiger partial charge on any atom is -0.334 e. The normalized spacial score (nSPS) is 11.3. The van der Waals surface area contributed by atoms with E-state index in [0.29, 0.717) is 5.92 Å². The van der Waals surface area contributed by atoms with Crippen molar-refractivity contribution < 1.29 is 0 Å². The first-order chi connectivity index (χ1) is 8.69. The van der Waals surface area contributed by atoms with Crippen LogP contribution >= 0.6 is 0 Å². The van der Waals surface area contributed by atoms with E-state index in [4.69, 9.17) is 0 Å². The zero-order valence-electron chi connectivity index (χ0n) is 11.3. The first kappa shape index (κ1) is 12.8. The number of aryl methyl sites for hydroxylation is 3. The number of nitrogens with zero attached hydrogens (tertiary/aromatic N) is 4. The average Bonchev–Trinajstić information content (AvgIpc) is 2.93. The van der Waals surface area contributed by atoms with E-state index in [1.54, 1.807) is 0 Å². The summed E-state index contributed by atoms with van der Waals surface area (Å²) >= 11 is 0. The number of rotatable bonds is 6. The van der Waals surface area contributed by atoms with E-state index in [2.05, 4.69) is 45.5 Å². The third-order valence-corrected chi connectivity index (χ3v) is 2.87. The topological polar surface area (TPSA) is 59.4 Å². The van der Waals surface area contributed by atoms with Crippen LogP contribution in [0, 0.1) is 5.92 Å². The molecule has 2 heterocycles. The van der Waals surface area contributed by atoms with Crippen LogP contribution in [-0.4, -0.2) is 24.7 Å². The lowest BCUT2D eigenvalue weighted by atomic mass is 10.1. The molecular formula is C13H21N5. The molecule has 0 aliphatic rings. The van der Waals surface area contributed by atoms with Crippen LogP contribution in [0.4, 0.5) is 0 Å². The summed E-state index contributed by atoms with van der Waals surface area (Å²) in [6.07, 6.45) is 6.62. The van der Waals surface area contributed by atoms with Gasteiger partial charge < -0.3 is 4.57 Å². The molecule has 2 aromatic rings. The summed E-state index contributed by atoms with van der Waals surface area (Å²) < 4.78 is 2.17. The Morgan fingerprint density at radius 2 is 2.22 bits per heavy atom. The summed E-state index contributed by atoms with van der Waals surface area (Å²) in [7, 11) is 0. The zero-order valence-corrected chi connectivity index (χ0v) is 11.3. The van der Waals surface area contributed by atoms with Crippen LogP contribution in [0.2, 0.25) is 0 Å². The predicted octanol–water partition coefficient (Wildman–Crippen LogP) is 2.00. The molecule has 0 amide bonds. The van der Waals surface area contributed by atoms with E-state index < -0.39 is 0 Å². The lowest BCUT2D eigenvalue weighted by Crippen LogP contribution is -2.05. The highest BCUT2D eigenvalue weighted by atomic mass is 15.2. The van der Waals surface area contributed by atoms with Crippen molar-refractivity contribution in [1.29, 1.82) is 0 Å². The molecule has 98 valence electrons. The van der Waals surface area contributed by atoms with Crippen molar-refractivity contribution in [1.82, 2.24) is 24.7 Å². The second kappa shape index (κ2) is 5.80. The Kier molecular flexibility index (Phi) is 4.12. The Morgan fingerprint density at radius 3 is 2.94 bits per heavy atom. The number of H-pyrrole nitrogens is 1. The monoisotopic (exact) mass is 247 g/mol. The lowest BCUT2D eigenvalue weighted by molar-refractivity contribution is 0.620. The number of hydrogen-bond acceptors (Lipinski definition) is 3. The highest BCUT2D eigenvalue weighted by Crippen LogP contribution is 2.05. The van der Waals surface area contributed by atoms with Gasteiger partial charge in [-0.2, -0.15) is 5.10 Å². The van der Waals surface area contributed by atoms with Crippen LogP contribution in [0.15, 0.2) is 12.4 Å². The molecule has 0 fully saturated rings. The van der Waals surface area contributed by atoms with Crippen molar-refractivity contribution in [2.75, 3.05) is 0 Å². The predicted molar refractivity (Wildman–Crippen MR) is 70.2 cm³/mol. The molecule has 0 spiro atoms. The van der Waals surface area contributed by atoms with Crippen molar-refractivity contribution in [3.8, 4) is 0 Å². The van der Waals surface area contributed by atoms with Crippen molar-refractivity contribution in [2.45, 2.75) is 46.6 Å². The molecular weight excluding hydrogens is 226 g/mol. The third-order valence-electron chi connectivity index (χ3n) is 2.87. The minimum absolute atomic E-state index is 0.603.